The number of likely N-dealkylation sites (tertiary alicyclic amines) is 1. The molecule has 1 aliphatic carbocycles. The Labute approximate surface area is 149 Å². The Morgan fingerprint density at radius 3 is 2.28 bits per heavy atom. The maximum Gasteiger partial charge on any atom is 0.321 e. The number of carbonyl (C=O) groups excluding carboxylic acids is 1. The third kappa shape index (κ3) is 4.22. The molecule has 3 rings (SSSR count). The van der Waals surface area contributed by atoms with Crippen LogP contribution < -0.4 is 10.0 Å². The fourth-order valence-corrected chi connectivity index (χ4v) is 4.55. The summed E-state index contributed by atoms with van der Waals surface area (Å²) in [5.41, 5.74) is 0.604. The number of rotatable bonds is 5. The van der Waals surface area contributed by atoms with Crippen molar-refractivity contribution in [1.29, 1.82) is 0 Å². The van der Waals surface area contributed by atoms with E-state index in [2.05, 4.69) is 22.2 Å². The van der Waals surface area contributed by atoms with E-state index in [1.165, 1.54) is 12.1 Å². The molecule has 25 heavy (non-hydrogen) atoms. The van der Waals surface area contributed by atoms with Gasteiger partial charge in [0.05, 0.1) is 4.90 Å². The van der Waals surface area contributed by atoms with E-state index < -0.39 is 10.0 Å². The van der Waals surface area contributed by atoms with Gasteiger partial charge in [-0.15, -0.1) is 0 Å². The number of amides is 2. The number of allylic oxidation sites excluding steroid dienone is 2. The molecule has 0 bridgehead atoms. The molecule has 0 saturated carbocycles. The second-order valence-electron chi connectivity index (χ2n) is 6.72. The molecule has 0 radical (unpaired) electrons. The summed E-state index contributed by atoms with van der Waals surface area (Å²) in [5, 5.41) is 2.87. The van der Waals surface area contributed by atoms with Crippen LogP contribution in [0.4, 0.5) is 10.5 Å². The summed E-state index contributed by atoms with van der Waals surface area (Å²) in [6.07, 6.45) is 7.24. The third-order valence-corrected chi connectivity index (χ3v) is 6.34. The van der Waals surface area contributed by atoms with Gasteiger partial charge < -0.3 is 10.2 Å². The van der Waals surface area contributed by atoms with Gasteiger partial charge in [-0.1, -0.05) is 19.1 Å². The smallest absolute Gasteiger partial charge is 0.321 e. The highest BCUT2D eigenvalue weighted by Gasteiger charge is 2.35. The van der Waals surface area contributed by atoms with Crippen LogP contribution in [0.15, 0.2) is 41.3 Å². The van der Waals surface area contributed by atoms with Crippen molar-refractivity contribution in [2.75, 3.05) is 25.0 Å². The molecule has 0 unspecified atom stereocenters. The number of hydrogen-bond donors (Lipinski definition) is 2. The van der Waals surface area contributed by atoms with E-state index in [1.54, 1.807) is 12.1 Å². The fourth-order valence-electron chi connectivity index (χ4n) is 3.42. The number of benzene rings is 1. The highest BCUT2D eigenvalue weighted by molar-refractivity contribution is 7.89. The Bertz CT molecular complexity index is 727. The van der Waals surface area contributed by atoms with Gasteiger partial charge in [0.25, 0.3) is 0 Å². The molecule has 2 aliphatic rings. The molecule has 7 heteroatoms. The van der Waals surface area contributed by atoms with Crippen molar-refractivity contribution in [2.24, 2.45) is 11.8 Å². The van der Waals surface area contributed by atoms with Crippen molar-refractivity contribution in [3.63, 3.8) is 0 Å². The molecule has 2 amide bonds. The first kappa shape index (κ1) is 17.9. The van der Waals surface area contributed by atoms with E-state index >= 15 is 0 Å². The molecule has 0 spiro atoms. The van der Waals surface area contributed by atoms with E-state index in [1.807, 2.05) is 11.8 Å². The highest BCUT2D eigenvalue weighted by atomic mass is 32.2. The van der Waals surface area contributed by atoms with E-state index in [4.69, 9.17) is 0 Å². The quantitative estimate of drug-likeness (QED) is 0.790. The molecule has 2 atom stereocenters. The van der Waals surface area contributed by atoms with Gasteiger partial charge in [0.1, 0.15) is 0 Å². The Kier molecular flexibility index (Phi) is 5.44. The Balaban J connectivity index is 1.59. The first-order valence-electron chi connectivity index (χ1n) is 8.80. The number of carbonyl (C=O) groups is 1. The van der Waals surface area contributed by atoms with Gasteiger partial charge in [-0.2, -0.15) is 0 Å². The van der Waals surface area contributed by atoms with Crippen LogP contribution in [0.5, 0.6) is 0 Å². The van der Waals surface area contributed by atoms with Crippen molar-refractivity contribution in [2.45, 2.75) is 31.1 Å². The van der Waals surface area contributed by atoms with Crippen LogP contribution in [-0.4, -0.2) is 39.0 Å². The van der Waals surface area contributed by atoms with Crippen molar-refractivity contribution in [3.05, 3.63) is 36.4 Å². The summed E-state index contributed by atoms with van der Waals surface area (Å²) in [7, 11) is -3.48. The highest BCUT2D eigenvalue weighted by Crippen LogP contribution is 2.33. The average Bonchev–Trinajstić information content (AvgIpc) is 3.05. The molecule has 0 aromatic heterocycles. The lowest BCUT2D eigenvalue weighted by atomic mass is 9.86. The predicted octanol–water partition coefficient (Wildman–Crippen LogP) is 2.80. The normalized spacial score (nSPS) is 22.7. The Morgan fingerprint density at radius 1 is 1.12 bits per heavy atom. The Hall–Kier alpha value is -1.86. The molecule has 1 fully saturated rings. The summed E-state index contributed by atoms with van der Waals surface area (Å²) >= 11 is 0. The molecular formula is C18H25N3O3S. The van der Waals surface area contributed by atoms with E-state index in [0.717, 1.165) is 32.4 Å². The van der Waals surface area contributed by atoms with E-state index in [9.17, 15) is 13.2 Å². The van der Waals surface area contributed by atoms with Crippen LogP contribution >= 0.6 is 0 Å². The van der Waals surface area contributed by atoms with Crippen molar-refractivity contribution >= 4 is 21.7 Å². The van der Waals surface area contributed by atoms with Gasteiger partial charge in [0, 0.05) is 25.3 Å². The van der Waals surface area contributed by atoms with E-state index in [0.29, 0.717) is 24.1 Å². The summed E-state index contributed by atoms with van der Waals surface area (Å²) in [5.74, 6) is 1.13. The zero-order valence-corrected chi connectivity index (χ0v) is 15.3. The molecule has 136 valence electrons. The lowest BCUT2D eigenvalue weighted by Gasteiger charge is -2.17. The van der Waals surface area contributed by atoms with Crippen LogP contribution in [0, 0.1) is 11.8 Å². The Morgan fingerprint density at radius 2 is 1.72 bits per heavy atom. The van der Waals surface area contributed by atoms with Crippen LogP contribution in [-0.2, 0) is 10.0 Å². The second-order valence-corrected chi connectivity index (χ2v) is 8.49. The van der Waals surface area contributed by atoms with E-state index in [-0.39, 0.29) is 10.9 Å². The monoisotopic (exact) mass is 363 g/mol. The molecule has 1 saturated heterocycles. The number of urea groups is 1. The largest absolute Gasteiger partial charge is 0.324 e. The summed E-state index contributed by atoms with van der Waals surface area (Å²) in [4.78, 5) is 14.5. The molecular weight excluding hydrogens is 338 g/mol. The van der Waals surface area contributed by atoms with Crippen LogP contribution in [0.1, 0.15) is 26.2 Å². The number of fused-ring (bicyclic) bond motifs is 1. The maximum atomic E-state index is 12.4. The standard InChI is InChI=1S/C18H25N3O3S/c1-2-11-19-25(23,24)17-9-7-16(8-10-17)20-18(22)21-12-14-5-3-4-6-15(14)13-21/h3-4,7-10,14-15,19H,2,5-6,11-13H2,1H3,(H,20,22)/t14-,15+. The lowest BCUT2D eigenvalue weighted by molar-refractivity contribution is 0.220. The number of hydrogen-bond acceptors (Lipinski definition) is 3. The summed E-state index contributed by atoms with van der Waals surface area (Å²) in [6.45, 7) is 3.89. The molecule has 2 N–H and O–H groups in total. The van der Waals surface area contributed by atoms with Gasteiger partial charge in [0.2, 0.25) is 10.0 Å². The van der Waals surface area contributed by atoms with Crippen LogP contribution in [0.3, 0.4) is 0 Å². The number of sulfonamides is 1. The van der Waals surface area contributed by atoms with Crippen molar-refractivity contribution in [1.82, 2.24) is 9.62 Å². The zero-order valence-electron chi connectivity index (χ0n) is 14.4. The van der Waals surface area contributed by atoms with Gasteiger partial charge in [0.15, 0.2) is 0 Å². The summed E-state index contributed by atoms with van der Waals surface area (Å²) in [6, 6.07) is 6.17. The molecule has 1 aliphatic heterocycles. The van der Waals surface area contributed by atoms with Gasteiger partial charge in [-0.3, -0.25) is 0 Å². The molecule has 1 heterocycles. The minimum absolute atomic E-state index is 0.117. The second kappa shape index (κ2) is 7.58. The summed E-state index contributed by atoms with van der Waals surface area (Å²) < 4.78 is 26.7. The SMILES string of the molecule is CCCNS(=O)(=O)c1ccc(NC(=O)N2C[C@H]3CC=CC[C@H]3C2)cc1. The first-order chi connectivity index (χ1) is 12.0. The van der Waals surface area contributed by atoms with Crippen molar-refractivity contribution < 1.29 is 13.2 Å². The molecule has 1 aromatic carbocycles. The van der Waals surface area contributed by atoms with Gasteiger partial charge in [-0.05, 0) is 55.4 Å². The van der Waals surface area contributed by atoms with Crippen LogP contribution in [0.2, 0.25) is 0 Å². The first-order valence-corrected chi connectivity index (χ1v) is 10.3. The number of nitrogens with zero attached hydrogens (tertiary/aromatic N) is 1. The maximum absolute atomic E-state index is 12.4. The minimum Gasteiger partial charge on any atom is -0.324 e. The molecule has 6 nitrogen and oxygen atoms in total. The average molecular weight is 363 g/mol. The number of anilines is 1. The minimum atomic E-state index is -3.48. The molecule has 1 aromatic rings. The lowest BCUT2D eigenvalue weighted by Crippen LogP contribution is -2.33. The topological polar surface area (TPSA) is 78.5 Å². The third-order valence-electron chi connectivity index (χ3n) is 4.87. The van der Waals surface area contributed by atoms with Crippen molar-refractivity contribution in [3.8, 4) is 0 Å². The van der Waals surface area contributed by atoms with Gasteiger partial charge in [-0.25, -0.2) is 17.9 Å². The fraction of sp³-hybridized carbons (Fsp3) is 0.500. The van der Waals surface area contributed by atoms with Gasteiger partial charge >= 0.3 is 6.03 Å². The van der Waals surface area contributed by atoms with Crippen LogP contribution in [0.25, 0.3) is 0 Å². The number of nitrogens with one attached hydrogen (secondary N) is 2. The zero-order chi connectivity index (χ0) is 17.9. The predicted molar refractivity (Wildman–Crippen MR) is 97.9 cm³/mol.